The molecular weight excluding hydrogens is 382 g/mol. The van der Waals surface area contributed by atoms with Gasteiger partial charge in [0.2, 0.25) is 15.9 Å². The van der Waals surface area contributed by atoms with Crippen molar-refractivity contribution in [3.63, 3.8) is 0 Å². The summed E-state index contributed by atoms with van der Waals surface area (Å²) in [6, 6.07) is 13.8. The highest BCUT2D eigenvalue weighted by Gasteiger charge is 2.24. The second kappa shape index (κ2) is 8.68. The Morgan fingerprint density at radius 1 is 1.21 bits per heavy atom. The number of amides is 1. The van der Waals surface area contributed by atoms with E-state index in [0.29, 0.717) is 11.5 Å². The van der Waals surface area contributed by atoms with Gasteiger partial charge in [-0.15, -0.1) is 0 Å². The number of nitrogens with one attached hydrogen (secondary N) is 1. The third-order valence-corrected chi connectivity index (χ3v) is 5.18. The molecule has 0 saturated carbocycles. The van der Waals surface area contributed by atoms with Crippen LogP contribution in [0.15, 0.2) is 69.1 Å². The molecule has 2 aromatic heterocycles. The molecule has 0 aliphatic rings. The van der Waals surface area contributed by atoms with Crippen LogP contribution in [-0.2, 0) is 21.4 Å². The van der Waals surface area contributed by atoms with E-state index < -0.39 is 22.5 Å². The summed E-state index contributed by atoms with van der Waals surface area (Å²) in [5.74, 6) is 0.622. The van der Waals surface area contributed by atoms with Gasteiger partial charge >= 0.3 is 0 Å². The number of nitrogens with zero attached hydrogens (tertiary/aromatic N) is 2. The molecule has 1 aromatic carbocycles. The van der Waals surface area contributed by atoms with E-state index in [2.05, 4.69) is 10.5 Å². The molecule has 0 unspecified atom stereocenters. The van der Waals surface area contributed by atoms with E-state index in [-0.39, 0.29) is 12.4 Å². The molecule has 0 radical (unpaired) electrons. The number of carbonyl (C=O) groups is 1. The van der Waals surface area contributed by atoms with Gasteiger partial charge < -0.3 is 14.3 Å². The Balaban J connectivity index is 1.77. The van der Waals surface area contributed by atoms with E-state index in [1.807, 2.05) is 6.07 Å². The first-order valence-electron chi connectivity index (χ1n) is 8.41. The molecule has 0 bridgehead atoms. The van der Waals surface area contributed by atoms with Gasteiger partial charge in [0, 0.05) is 11.5 Å². The quantitative estimate of drug-likeness (QED) is 0.622. The van der Waals surface area contributed by atoms with E-state index in [9.17, 15) is 13.2 Å². The van der Waals surface area contributed by atoms with Crippen LogP contribution in [0, 0.1) is 6.92 Å². The van der Waals surface area contributed by atoms with Crippen LogP contribution in [0.4, 0.5) is 5.82 Å². The Hall–Kier alpha value is -3.17. The number of aryl methyl sites for hydroxylation is 1. The van der Waals surface area contributed by atoms with Crippen LogP contribution >= 0.6 is 0 Å². The van der Waals surface area contributed by atoms with Gasteiger partial charge in [0.05, 0.1) is 19.4 Å². The second-order valence-corrected chi connectivity index (χ2v) is 7.80. The van der Waals surface area contributed by atoms with Crippen LogP contribution in [0.2, 0.25) is 0 Å². The summed E-state index contributed by atoms with van der Waals surface area (Å²) in [6.07, 6.45) is 2.92. The Morgan fingerprint density at radius 2 is 2.00 bits per heavy atom. The Kier molecular flexibility index (Phi) is 6.07. The van der Waals surface area contributed by atoms with Gasteiger partial charge in [-0.3, -0.25) is 4.79 Å². The van der Waals surface area contributed by atoms with Gasteiger partial charge in [-0.1, -0.05) is 35.5 Å². The maximum Gasteiger partial charge on any atom is 0.240 e. The zero-order chi connectivity index (χ0) is 20.0. The maximum absolute atomic E-state index is 12.8. The highest BCUT2D eigenvalue weighted by Crippen LogP contribution is 2.14. The van der Waals surface area contributed by atoms with Gasteiger partial charge in [-0.25, -0.2) is 8.42 Å². The first kappa shape index (κ1) is 19.6. The van der Waals surface area contributed by atoms with Gasteiger partial charge in [0.25, 0.3) is 0 Å². The van der Waals surface area contributed by atoms with Crippen molar-refractivity contribution in [3.05, 3.63) is 77.3 Å². The van der Waals surface area contributed by atoms with Crippen molar-refractivity contribution in [1.29, 1.82) is 0 Å². The summed E-state index contributed by atoms with van der Waals surface area (Å²) in [4.78, 5) is 12.3. The number of furan rings is 1. The molecule has 0 saturated heterocycles. The second-order valence-electron chi connectivity index (χ2n) is 5.98. The minimum atomic E-state index is -3.89. The molecule has 3 aromatic rings. The van der Waals surface area contributed by atoms with Crippen LogP contribution in [0.1, 0.15) is 17.1 Å². The highest BCUT2D eigenvalue weighted by atomic mass is 32.2. The molecule has 8 nitrogen and oxygen atoms in total. The van der Waals surface area contributed by atoms with Crippen molar-refractivity contribution in [2.24, 2.45) is 0 Å². The van der Waals surface area contributed by atoms with Crippen molar-refractivity contribution in [3.8, 4) is 0 Å². The predicted octanol–water partition coefficient (Wildman–Crippen LogP) is 3.02. The molecule has 9 heteroatoms. The molecule has 1 amide bonds. The van der Waals surface area contributed by atoms with Crippen molar-refractivity contribution >= 4 is 27.8 Å². The van der Waals surface area contributed by atoms with Crippen molar-refractivity contribution in [2.75, 3.05) is 11.9 Å². The lowest BCUT2D eigenvalue weighted by atomic mass is 10.2. The molecule has 2 heterocycles. The zero-order valence-corrected chi connectivity index (χ0v) is 15.9. The van der Waals surface area contributed by atoms with Gasteiger partial charge in [0.1, 0.15) is 11.5 Å². The summed E-state index contributed by atoms with van der Waals surface area (Å²) in [5.41, 5.74) is 0.728. The first-order chi connectivity index (χ1) is 13.4. The lowest BCUT2D eigenvalue weighted by molar-refractivity contribution is -0.116. The molecule has 0 spiro atoms. The third kappa shape index (κ3) is 5.41. The number of anilines is 1. The normalized spacial score (nSPS) is 11.9. The summed E-state index contributed by atoms with van der Waals surface area (Å²) < 4.78 is 36.8. The summed E-state index contributed by atoms with van der Waals surface area (Å²) in [6.45, 7) is 1.19. The topological polar surface area (TPSA) is 106 Å². The molecule has 0 aliphatic heterocycles. The molecule has 0 atom stereocenters. The lowest BCUT2D eigenvalue weighted by Gasteiger charge is -2.18. The number of hydrogen-bond donors (Lipinski definition) is 1. The average Bonchev–Trinajstić information content (AvgIpc) is 3.32. The van der Waals surface area contributed by atoms with Crippen LogP contribution < -0.4 is 5.32 Å². The highest BCUT2D eigenvalue weighted by molar-refractivity contribution is 7.92. The van der Waals surface area contributed by atoms with E-state index in [1.165, 1.54) is 12.3 Å². The average molecular weight is 401 g/mol. The van der Waals surface area contributed by atoms with Crippen LogP contribution in [0.25, 0.3) is 6.08 Å². The molecule has 0 fully saturated rings. The predicted molar refractivity (Wildman–Crippen MR) is 103 cm³/mol. The SMILES string of the molecule is Cc1cc(NC(=O)CN(Cc2ccco2)S(=O)(=O)/C=C/c2ccccc2)no1. The van der Waals surface area contributed by atoms with Gasteiger partial charge in [0.15, 0.2) is 5.82 Å². The maximum atomic E-state index is 12.8. The third-order valence-electron chi connectivity index (χ3n) is 3.72. The number of rotatable bonds is 8. The molecule has 1 N–H and O–H groups in total. The van der Waals surface area contributed by atoms with Gasteiger partial charge in [-0.05, 0) is 30.7 Å². The van der Waals surface area contributed by atoms with Crippen LogP contribution in [0.5, 0.6) is 0 Å². The fourth-order valence-electron chi connectivity index (χ4n) is 2.39. The minimum Gasteiger partial charge on any atom is -0.468 e. The van der Waals surface area contributed by atoms with Crippen LogP contribution in [-0.4, -0.2) is 30.3 Å². The Labute approximate surface area is 162 Å². The molecule has 0 aliphatic carbocycles. The zero-order valence-electron chi connectivity index (χ0n) is 15.1. The van der Waals surface area contributed by atoms with Gasteiger partial charge in [-0.2, -0.15) is 4.31 Å². The number of sulfonamides is 1. The molecule has 28 heavy (non-hydrogen) atoms. The number of hydrogen-bond acceptors (Lipinski definition) is 6. The molecule has 3 rings (SSSR count). The van der Waals surface area contributed by atoms with Crippen LogP contribution in [0.3, 0.4) is 0 Å². The first-order valence-corrected chi connectivity index (χ1v) is 9.91. The van der Waals surface area contributed by atoms with Crippen molar-refractivity contribution in [1.82, 2.24) is 9.46 Å². The lowest BCUT2D eigenvalue weighted by Crippen LogP contribution is -2.36. The molecular formula is C19H19N3O5S. The number of carbonyl (C=O) groups excluding carboxylic acids is 1. The summed E-state index contributed by atoms with van der Waals surface area (Å²) in [5, 5.41) is 7.25. The summed E-state index contributed by atoms with van der Waals surface area (Å²) in [7, 11) is -3.89. The minimum absolute atomic E-state index is 0.0836. The van der Waals surface area contributed by atoms with E-state index in [1.54, 1.807) is 49.4 Å². The van der Waals surface area contributed by atoms with Crippen molar-refractivity contribution in [2.45, 2.75) is 13.5 Å². The number of aromatic nitrogens is 1. The standard InChI is InChI=1S/C19H19N3O5S/c1-15-12-18(21-27-15)20-19(23)14-22(13-17-8-5-10-26-17)28(24,25)11-9-16-6-3-2-4-7-16/h2-12H,13-14H2,1H3,(H,20,21,23)/b11-9+. The smallest absolute Gasteiger partial charge is 0.240 e. The Morgan fingerprint density at radius 3 is 2.64 bits per heavy atom. The molecule has 146 valence electrons. The largest absolute Gasteiger partial charge is 0.468 e. The summed E-state index contributed by atoms with van der Waals surface area (Å²) >= 11 is 0. The van der Waals surface area contributed by atoms with Crippen molar-refractivity contribution < 1.29 is 22.2 Å². The fourth-order valence-corrected chi connectivity index (χ4v) is 3.50. The fraction of sp³-hybridized carbons (Fsp3) is 0.158. The Bertz CT molecular complexity index is 1040. The van der Waals surface area contributed by atoms with E-state index >= 15 is 0 Å². The monoisotopic (exact) mass is 401 g/mol. The van der Waals surface area contributed by atoms with E-state index in [4.69, 9.17) is 8.94 Å². The number of benzene rings is 1. The van der Waals surface area contributed by atoms with E-state index in [0.717, 1.165) is 15.3 Å².